The molecule has 0 spiro atoms. The first kappa shape index (κ1) is 9.85. The van der Waals surface area contributed by atoms with Crippen molar-refractivity contribution in [3.8, 4) is 0 Å². The summed E-state index contributed by atoms with van der Waals surface area (Å²) in [4.78, 5) is 15.2. The first-order valence-electron chi connectivity index (χ1n) is 3.70. The number of aromatic nitrogens is 1. The Morgan fingerprint density at radius 2 is 2.38 bits per heavy atom. The zero-order valence-corrected chi connectivity index (χ0v) is 7.91. The predicted molar refractivity (Wildman–Crippen MR) is 51.6 cm³/mol. The molecule has 1 heterocycles. The monoisotopic (exact) mass is 198 g/mol. The molecule has 1 rings (SSSR count). The number of nitrogen functional groups attached to an aromatic ring is 1. The van der Waals surface area contributed by atoms with Crippen molar-refractivity contribution >= 4 is 23.5 Å². The maximum atomic E-state index is 10.5. The van der Waals surface area contributed by atoms with Crippen LogP contribution in [0.15, 0.2) is 23.2 Å². The Balaban J connectivity index is 2.64. The third-order valence-corrected chi connectivity index (χ3v) is 2.49. The number of thioether (sulfide) groups is 1. The van der Waals surface area contributed by atoms with Gasteiger partial charge in [0, 0.05) is 11.1 Å². The molecule has 0 bridgehead atoms. The third kappa shape index (κ3) is 2.95. The van der Waals surface area contributed by atoms with E-state index < -0.39 is 11.2 Å². The van der Waals surface area contributed by atoms with E-state index in [1.165, 1.54) is 11.8 Å². The lowest BCUT2D eigenvalue weighted by atomic mass is 10.5. The number of rotatable bonds is 3. The van der Waals surface area contributed by atoms with Crippen LogP contribution in [0.25, 0.3) is 0 Å². The average Bonchev–Trinajstić information content (AvgIpc) is 2.08. The quantitative estimate of drug-likeness (QED) is 0.714. The van der Waals surface area contributed by atoms with Crippen LogP contribution in [0.4, 0.5) is 5.82 Å². The highest BCUT2D eigenvalue weighted by Crippen LogP contribution is 2.22. The van der Waals surface area contributed by atoms with Crippen molar-refractivity contribution in [3.63, 3.8) is 0 Å². The Kier molecular flexibility index (Phi) is 3.13. The van der Waals surface area contributed by atoms with Crippen molar-refractivity contribution in [1.82, 2.24) is 4.98 Å². The zero-order chi connectivity index (χ0) is 9.84. The van der Waals surface area contributed by atoms with Gasteiger partial charge in [-0.25, -0.2) is 4.98 Å². The van der Waals surface area contributed by atoms with E-state index in [-0.39, 0.29) is 0 Å². The van der Waals surface area contributed by atoms with E-state index in [1.807, 2.05) is 0 Å². The summed E-state index contributed by atoms with van der Waals surface area (Å²) in [6, 6.07) is 3.41. The first-order valence-corrected chi connectivity index (χ1v) is 4.58. The van der Waals surface area contributed by atoms with Crippen LogP contribution in [0.3, 0.4) is 0 Å². The van der Waals surface area contributed by atoms with E-state index in [0.717, 1.165) is 4.90 Å². The topological polar surface area (TPSA) is 76.2 Å². The number of hydrogen-bond donors (Lipinski definition) is 2. The summed E-state index contributed by atoms with van der Waals surface area (Å²) >= 11 is 1.24. The van der Waals surface area contributed by atoms with Gasteiger partial charge in [0.05, 0.1) is 0 Å². The van der Waals surface area contributed by atoms with Crippen LogP contribution >= 0.6 is 11.8 Å². The molecular weight excluding hydrogens is 188 g/mol. The molecule has 5 heteroatoms. The zero-order valence-electron chi connectivity index (χ0n) is 7.10. The molecule has 13 heavy (non-hydrogen) atoms. The minimum atomic E-state index is -0.832. The van der Waals surface area contributed by atoms with Gasteiger partial charge in [-0.3, -0.25) is 4.79 Å². The van der Waals surface area contributed by atoms with E-state index in [1.54, 1.807) is 25.3 Å². The molecule has 0 saturated heterocycles. The Morgan fingerprint density at radius 1 is 1.69 bits per heavy atom. The summed E-state index contributed by atoms with van der Waals surface area (Å²) in [6.45, 7) is 1.63. The molecule has 0 aromatic carbocycles. The second-order valence-electron chi connectivity index (χ2n) is 2.52. The number of carboxylic acid groups (broad SMARTS) is 1. The molecule has 0 saturated carbocycles. The maximum Gasteiger partial charge on any atom is 0.316 e. The predicted octanol–water partition coefficient (Wildman–Crippen LogP) is 1.23. The van der Waals surface area contributed by atoms with Gasteiger partial charge in [-0.05, 0) is 19.1 Å². The standard InChI is InChI=1S/C8H10N2O2S/c1-5(8(11)12)13-6-2-3-7(9)10-4-6/h2-5H,1H3,(H2,9,10)(H,11,12). The molecule has 1 aromatic heterocycles. The van der Waals surface area contributed by atoms with Gasteiger partial charge >= 0.3 is 5.97 Å². The molecule has 1 unspecified atom stereocenters. The summed E-state index contributed by atoms with van der Waals surface area (Å²) in [5.41, 5.74) is 5.38. The largest absolute Gasteiger partial charge is 0.480 e. The number of anilines is 1. The van der Waals surface area contributed by atoms with Crippen molar-refractivity contribution in [3.05, 3.63) is 18.3 Å². The molecule has 0 amide bonds. The summed E-state index contributed by atoms with van der Waals surface area (Å²) in [6.07, 6.45) is 1.57. The molecule has 0 aliphatic heterocycles. The van der Waals surface area contributed by atoms with Crippen molar-refractivity contribution in [1.29, 1.82) is 0 Å². The van der Waals surface area contributed by atoms with Crippen LogP contribution < -0.4 is 5.73 Å². The van der Waals surface area contributed by atoms with Crippen LogP contribution in [0.1, 0.15) is 6.92 Å². The fourth-order valence-electron chi connectivity index (χ4n) is 0.716. The minimum absolute atomic E-state index is 0.437. The van der Waals surface area contributed by atoms with E-state index >= 15 is 0 Å². The second kappa shape index (κ2) is 4.13. The van der Waals surface area contributed by atoms with Gasteiger partial charge < -0.3 is 10.8 Å². The summed E-state index contributed by atoms with van der Waals surface area (Å²) in [5.74, 6) is -0.394. The maximum absolute atomic E-state index is 10.5. The normalized spacial score (nSPS) is 12.4. The number of nitrogens with zero attached hydrogens (tertiary/aromatic N) is 1. The van der Waals surface area contributed by atoms with Crippen LogP contribution in [0.2, 0.25) is 0 Å². The van der Waals surface area contributed by atoms with Gasteiger partial charge in [0.2, 0.25) is 0 Å². The Morgan fingerprint density at radius 3 is 2.85 bits per heavy atom. The second-order valence-corrected chi connectivity index (χ2v) is 3.93. The molecule has 3 N–H and O–H groups in total. The van der Waals surface area contributed by atoms with E-state index in [0.29, 0.717) is 5.82 Å². The summed E-state index contributed by atoms with van der Waals surface area (Å²) in [7, 11) is 0. The minimum Gasteiger partial charge on any atom is -0.480 e. The first-order chi connectivity index (χ1) is 6.09. The Bertz CT molecular complexity index is 300. The number of carbonyl (C=O) groups is 1. The van der Waals surface area contributed by atoms with Crippen LogP contribution in [0.5, 0.6) is 0 Å². The molecule has 0 fully saturated rings. The molecule has 0 aliphatic rings. The van der Waals surface area contributed by atoms with Gasteiger partial charge in [-0.2, -0.15) is 0 Å². The van der Waals surface area contributed by atoms with E-state index in [4.69, 9.17) is 10.8 Å². The molecule has 1 atom stereocenters. The fourth-order valence-corrected chi connectivity index (χ4v) is 1.49. The number of aliphatic carboxylic acids is 1. The number of pyridine rings is 1. The van der Waals surface area contributed by atoms with Crippen LogP contribution in [0, 0.1) is 0 Å². The number of hydrogen-bond acceptors (Lipinski definition) is 4. The van der Waals surface area contributed by atoms with Gasteiger partial charge in [-0.1, -0.05) is 0 Å². The average molecular weight is 198 g/mol. The molecule has 4 nitrogen and oxygen atoms in total. The van der Waals surface area contributed by atoms with E-state index in [9.17, 15) is 4.79 Å². The lowest BCUT2D eigenvalue weighted by Crippen LogP contribution is -2.11. The van der Waals surface area contributed by atoms with Crippen molar-refractivity contribution in [2.75, 3.05) is 5.73 Å². The van der Waals surface area contributed by atoms with Crippen molar-refractivity contribution < 1.29 is 9.90 Å². The SMILES string of the molecule is CC(Sc1ccc(N)nc1)C(=O)O. The third-order valence-electron chi connectivity index (χ3n) is 1.42. The van der Waals surface area contributed by atoms with Crippen LogP contribution in [-0.4, -0.2) is 21.3 Å². The molecule has 0 radical (unpaired) electrons. The van der Waals surface area contributed by atoms with E-state index in [2.05, 4.69) is 4.98 Å². The van der Waals surface area contributed by atoms with Crippen molar-refractivity contribution in [2.24, 2.45) is 0 Å². The number of carboxylic acids is 1. The summed E-state index contributed by atoms with van der Waals surface area (Å²) < 4.78 is 0. The molecular formula is C8H10N2O2S. The molecule has 0 aliphatic carbocycles. The summed E-state index contributed by atoms with van der Waals surface area (Å²) in [5, 5.41) is 8.16. The molecule has 70 valence electrons. The lowest BCUT2D eigenvalue weighted by molar-refractivity contribution is -0.136. The van der Waals surface area contributed by atoms with Gasteiger partial charge in [0.1, 0.15) is 11.1 Å². The lowest BCUT2D eigenvalue weighted by Gasteiger charge is -2.04. The highest BCUT2D eigenvalue weighted by molar-refractivity contribution is 8.00. The van der Waals surface area contributed by atoms with Gasteiger partial charge in [0.25, 0.3) is 0 Å². The Labute approximate surface area is 80.2 Å². The van der Waals surface area contributed by atoms with Gasteiger partial charge in [-0.15, -0.1) is 11.8 Å². The van der Waals surface area contributed by atoms with Crippen LogP contribution in [-0.2, 0) is 4.79 Å². The highest BCUT2D eigenvalue weighted by Gasteiger charge is 2.11. The Hall–Kier alpha value is -1.23. The van der Waals surface area contributed by atoms with Crippen molar-refractivity contribution in [2.45, 2.75) is 17.1 Å². The fraction of sp³-hybridized carbons (Fsp3) is 0.250. The number of nitrogens with two attached hydrogens (primary N) is 1. The molecule has 1 aromatic rings. The highest BCUT2D eigenvalue weighted by atomic mass is 32.2. The smallest absolute Gasteiger partial charge is 0.316 e. The van der Waals surface area contributed by atoms with Gasteiger partial charge in [0.15, 0.2) is 0 Å².